The molecular formula is C10H14O6. The fourth-order valence-corrected chi connectivity index (χ4v) is 0.968. The third-order valence-electron chi connectivity index (χ3n) is 1.82. The van der Waals surface area contributed by atoms with E-state index in [9.17, 15) is 14.4 Å². The summed E-state index contributed by atoms with van der Waals surface area (Å²) in [5.74, 6) is -3.26. The Labute approximate surface area is 92.8 Å². The number of carbonyl (C=O) groups is 3. The molecule has 1 N–H and O–H groups in total. The van der Waals surface area contributed by atoms with Gasteiger partial charge < -0.3 is 14.6 Å². The van der Waals surface area contributed by atoms with E-state index >= 15 is 0 Å². The van der Waals surface area contributed by atoms with Crippen molar-refractivity contribution in [3.8, 4) is 0 Å². The van der Waals surface area contributed by atoms with Crippen LogP contribution >= 0.6 is 0 Å². The first-order valence-corrected chi connectivity index (χ1v) is 4.60. The van der Waals surface area contributed by atoms with Crippen LogP contribution in [0, 0.1) is 5.92 Å². The Morgan fingerprint density at radius 1 is 1.44 bits per heavy atom. The van der Waals surface area contributed by atoms with E-state index in [-0.39, 0.29) is 19.4 Å². The van der Waals surface area contributed by atoms with Crippen LogP contribution in [0.3, 0.4) is 0 Å². The van der Waals surface area contributed by atoms with Crippen LogP contribution < -0.4 is 0 Å². The molecule has 0 bridgehead atoms. The molecule has 0 aromatic heterocycles. The van der Waals surface area contributed by atoms with Gasteiger partial charge in [-0.2, -0.15) is 0 Å². The van der Waals surface area contributed by atoms with Crippen molar-refractivity contribution in [3.05, 3.63) is 12.7 Å². The number of hydrogen-bond donors (Lipinski definition) is 1. The first-order valence-electron chi connectivity index (χ1n) is 4.60. The number of aliphatic hydroxyl groups is 1. The third kappa shape index (κ3) is 5.26. The van der Waals surface area contributed by atoms with Gasteiger partial charge in [0.2, 0.25) is 0 Å². The van der Waals surface area contributed by atoms with Crippen molar-refractivity contribution in [2.24, 2.45) is 5.92 Å². The lowest BCUT2D eigenvalue weighted by atomic mass is 10.0. The van der Waals surface area contributed by atoms with Crippen LogP contribution in [0.5, 0.6) is 0 Å². The average Bonchev–Trinajstić information content (AvgIpc) is 2.27. The van der Waals surface area contributed by atoms with Crippen molar-refractivity contribution in [3.63, 3.8) is 0 Å². The number of carbonyl (C=O) groups excluding carboxylic acids is 3. The highest BCUT2D eigenvalue weighted by atomic mass is 16.6. The summed E-state index contributed by atoms with van der Waals surface area (Å²) in [7, 11) is 1.18. The van der Waals surface area contributed by atoms with Crippen molar-refractivity contribution in [1.82, 2.24) is 0 Å². The van der Waals surface area contributed by atoms with Gasteiger partial charge in [-0.1, -0.05) is 6.58 Å². The summed E-state index contributed by atoms with van der Waals surface area (Å²) in [4.78, 5) is 33.0. The van der Waals surface area contributed by atoms with E-state index in [2.05, 4.69) is 16.1 Å². The summed E-state index contributed by atoms with van der Waals surface area (Å²) >= 11 is 0. The van der Waals surface area contributed by atoms with Gasteiger partial charge in [-0.3, -0.25) is 9.59 Å². The monoisotopic (exact) mass is 230 g/mol. The summed E-state index contributed by atoms with van der Waals surface area (Å²) in [5.41, 5.74) is 0. The first kappa shape index (κ1) is 14.3. The van der Waals surface area contributed by atoms with Crippen LogP contribution in [0.25, 0.3) is 0 Å². The van der Waals surface area contributed by atoms with Crippen molar-refractivity contribution in [1.29, 1.82) is 0 Å². The van der Waals surface area contributed by atoms with E-state index < -0.39 is 23.8 Å². The van der Waals surface area contributed by atoms with Gasteiger partial charge >= 0.3 is 17.9 Å². The Morgan fingerprint density at radius 3 is 2.50 bits per heavy atom. The minimum absolute atomic E-state index is 0.0261. The minimum atomic E-state index is -0.891. The van der Waals surface area contributed by atoms with Gasteiger partial charge in [0.25, 0.3) is 0 Å². The maximum atomic E-state index is 11.3. The molecule has 0 heterocycles. The molecule has 0 aliphatic rings. The zero-order valence-corrected chi connectivity index (χ0v) is 8.97. The van der Waals surface area contributed by atoms with Gasteiger partial charge in [0, 0.05) is 12.7 Å². The Bertz CT molecular complexity index is 283. The Hall–Kier alpha value is -1.69. The largest absolute Gasteiger partial charge is 0.469 e. The zero-order chi connectivity index (χ0) is 12.6. The van der Waals surface area contributed by atoms with E-state index in [4.69, 9.17) is 5.11 Å². The molecule has 1 unspecified atom stereocenters. The van der Waals surface area contributed by atoms with E-state index in [1.807, 2.05) is 0 Å². The van der Waals surface area contributed by atoms with Crippen LogP contribution in [0.15, 0.2) is 12.7 Å². The zero-order valence-electron chi connectivity index (χ0n) is 8.97. The number of methoxy groups -OCH3 is 1. The topological polar surface area (TPSA) is 89.9 Å². The second-order valence-corrected chi connectivity index (χ2v) is 2.93. The number of rotatable bonds is 6. The molecule has 0 rings (SSSR count). The molecule has 6 nitrogen and oxygen atoms in total. The fraction of sp³-hybridized carbons (Fsp3) is 0.500. The molecule has 1 atom stereocenters. The van der Waals surface area contributed by atoms with Crippen molar-refractivity contribution < 1.29 is 29.0 Å². The number of hydrogen-bond acceptors (Lipinski definition) is 6. The Kier molecular flexibility index (Phi) is 6.78. The predicted molar refractivity (Wildman–Crippen MR) is 53.1 cm³/mol. The number of ether oxygens (including phenoxy) is 2. The van der Waals surface area contributed by atoms with Gasteiger partial charge in [-0.15, -0.1) is 0 Å². The summed E-state index contributed by atoms with van der Waals surface area (Å²) < 4.78 is 8.72. The Balaban J connectivity index is 4.39. The van der Waals surface area contributed by atoms with Crippen LogP contribution in [0.1, 0.15) is 12.8 Å². The molecular weight excluding hydrogens is 216 g/mol. The Morgan fingerprint density at radius 2 is 2.06 bits per heavy atom. The van der Waals surface area contributed by atoms with Crippen molar-refractivity contribution >= 4 is 17.9 Å². The highest BCUT2D eigenvalue weighted by Gasteiger charge is 2.24. The third-order valence-corrected chi connectivity index (χ3v) is 1.82. The lowest BCUT2D eigenvalue weighted by molar-refractivity contribution is -0.162. The molecule has 90 valence electrons. The summed E-state index contributed by atoms with van der Waals surface area (Å²) in [6.07, 6.45) is 0.630. The quantitative estimate of drug-likeness (QED) is 0.386. The SMILES string of the molecule is C=CC(=O)OC(=O)C(CCO)CC(=O)OC. The maximum absolute atomic E-state index is 11.3. The van der Waals surface area contributed by atoms with Crippen LogP contribution in [0.2, 0.25) is 0 Å². The van der Waals surface area contributed by atoms with E-state index in [1.54, 1.807) is 0 Å². The van der Waals surface area contributed by atoms with Gasteiger partial charge in [0.15, 0.2) is 0 Å². The van der Waals surface area contributed by atoms with Crippen LogP contribution in [0.4, 0.5) is 0 Å². The minimum Gasteiger partial charge on any atom is -0.469 e. The van der Waals surface area contributed by atoms with E-state index in [1.165, 1.54) is 7.11 Å². The van der Waals surface area contributed by atoms with Gasteiger partial charge in [0.1, 0.15) is 0 Å². The predicted octanol–water partition coefficient (Wildman–Crippen LogP) is -0.196. The number of aliphatic hydroxyl groups excluding tert-OH is 1. The fourth-order valence-electron chi connectivity index (χ4n) is 0.968. The van der Waals surface area contributed by atoms with Crippen LogP contribution in [-0.4, -0.2) is 36.7 Å². The molecule has 0 aromatic rings. The second-order valence-electron chi connectivity index (χ2n) is 2.93. The molecule has 16 heavy (non-hydrogen) atoms. The molecule has 0 spiro atoms. The highest BCUT2D eigenvalue weighted by Crippen LogP contribution is 2.11. The van der Waals surface area contributed by atoms with Gasteiger partial charge in [-0.25, -0.2) is 4.79 Å². The normalized spacial score (nSPS) is 11.4. The van der Waals surface area contributed by atoms with Crippen LogP contribution in [-0.2, 0) is 23.9 Å². The molecule has 0 saturated heterocycles. The summed E-state index contributed by atoms with van der Waals surface area (Å²) in [6, 6.07) is 0. The van der Waals surface area contributed by atoms with Crippen molar-refractivity contribution in [2.45, 2.75) is 12.8 Å². The molecule has 6 heteroatoms. The molecule has 0 aliphatic heterocycles. The van der Waals surface area contributed by atoms with E-state index in [0.29, 0.717) is 0 Å². The lowest BCUT2D eigenvalue weighted by Crippen LogP contribution is -2.24. The second kappa shape index (κ2) is 7.58. The first-order chi connectivity index (χ1) is 7.54. The summed E-state index contributed by atoms with van der Waals surface area (Å²) in [6.45, 7) is 2.84. The maximum Gasteiger partial charge on any atom is 0.337 e. The molecule has 0 radical (unpaired) electrons. The molecule has 0 aromatic carbocycles. The van der Waals surface area contributed by atoms with Gasteiger partial charge in [0.05, 0.1) is 19.4 Å². The summed E-state index contributed by atoms with van der Waals surface area (Å²) in [5, 5.41) is 8.70. The van der Waals surface area contributed by atoms with E-state index in [0.717, 1.165) is 6.08 Å². The average molecular weight is 230 g/mol. The number of esters is 3. The standard InChI is InChI=1S/C10H14O6/c1-3-8(12)16-10(14)7(4-5-11)6-9(13)15-2/h3,7,11H,1,4-6H2,2H3. The lowest BCUT2D eigenvalue weighted by Gasteiger charge is -2.11. The molecule has 0 fully saturated rings. The molecule has 0 saturated carbocycles. The van der Waals surface area contributed by atoms with Gasteiger partial charge in [-0.05, 0) is 6.42 Å². The highest BCUT2D eigenvalue weighted by molar-refractivity contribution is 5.93. The van der Waals surface area contributed by atoms with Crippen molar-refractivity contribution in [2.75, 3.05) is 13.7 Å². The smallest absolute Gasteiger partial charge is 0.337 e. The molecule has 0 aliphatic carbocycles. The molecule has 0 amide bonds.